The first-order valence-corrected chi connectivity index (χ1v) is 12.1. The molecule has 2 aromatic rings. The SMILES string of the molecule is CC(C)(C)OC(=O)NCCOc1cc(Nc2ccc(CN)cc2)ccc1N1CCC(C(F)(F)F)CC1. The van der Waals surface area contributed by atoms with Gasteiger partial charge in [-0.1, -0.05) is 12.1 Å². The summed E-state index contributed by atoms with van der Waals surface area (Å²) in [5, 5.41) is 5.95. The Hall–Kier alpha value is -3.14. The molecule has 1 aliphatic rings. The summed E-state index contributed by atoms with van der Waals surface area (Å²) in [5.74, 6) is -0.761. The zero-order chi connectivity index (χ0) is 26.3. The van der Waals surface area contributed by atoms with Crippen LogP contribution in [0.4, 0.5) is 35.0 Å². The van der Waals surface area contributed by atoms with Gasteiger partial charge in [-0.3, -0.25) is 0 Å². The van der Waals surface area contributed by atoms with Crippen molar-refractivity contribution in [3.05, 3.63) is 48.0 Å². The third-order valence-electron chi connectivity index (χ3n) is 5.76. The highest BCUT2D eigenvalue weighted by Crippen LogP contribution is 2.39. The Morgan fingerprint density at radius 3 is 2.28 bits per heavy atom. The molecule has 198 valence electrons. The van der Waals surface area contributed by atoms with E-state index in [1.165, 1.54) is 0 Å². The van der Waals surface area contributed by atoms with E-state index in [2.05, 4.69) is 10.6 Å². The van der Waals surface area contributed by atoms with Gasteiger partial charge in [0.25, 0.3) is 0 Å². The second-order valence-corrected chi connectivity index (χ2v) is 9.79. The Morgan fingerprint density at radius 1 is 1.06 bits per heavy atom. The molecule has 0 aliphatic carbocycles. The summed E-state index contributed by atoms with van der Waals surface area (Å²) in [6, 6.07) is 13.2. The minimum atomic E-state index is -4.17. The lowest BCUT2D eigenvalue weighted by atomic mass is 9.96. The van der Waals surface area contributed by atoms with Crippen molar-refractivity contribution in [3.63, 3.8) is 0 Å². The number of nitrogens with one attached hydrogen (secondary N) is 2. The van der Waals surface area contributed by atoms with Crippen molar-refractivity contribution in [2.24, 2.45) is 11.7 Å². The van der Waals surface area contributed by atoms with Crippen LogP contribution in [-0.4, -0.2) is 44.1 Å². The van der Waals surface area contributed by atoms with Gasteiger partial charge < -0.3 is 30.7 Å². The molecule has 2 aromatic carbocycles. The minimum absolute atomic E-state index is 0.0383. The lowest BCUT2D eigenvalue weighted by molar-refractivity contribution is -0.179. The summed E-state index contributed by atoms with van der Waals surface area (Å²) in [5.41, 5.74) is 8.41. The number of halogens is 3. The van der Waals surface area contributed by atoms with Gasteiger partial charge in [0.2, 0.25) is 0 Å². The fourth-order valence-corrected chi connectivity index (χ4v) is 3.94. The molecule has 1 amide bonds. The number of hydrogen-bond donors (Lipinski definition) is 3. The van der Waals surface area contributed by atoms with Crippen LogP contribution in [0, 0.1) is 5.92 Å². The van der Waals surface area contributed by atoms with Gasteiger partial charge in [0.1, 0.15) is 18.0 Å². The molecule has 0 aromatic heterocycles. The van der Waals surface area contributed by atoms with Gasteiger partial charge in [-0.15, -0.1) is 0 Å². The molecule has 7 nitrogen and oxygen atoms in total. The standard InChI is InChI=1S/C26H35F3N4O3/c1-25(2,3)36-24(34)31-12-15-35-23-16-21(32-20-6-4-18(17-30)5-7-20)8-9-22(23)33-13-10-19(11-14-33)26(27,28)29/h4-9,16,19,32H,10-15,17,30H2,1-3H3,(H,31,34). The molecular formula is C26H35F3N4O3. The van der Waals surface area contributed by atoms with Crippen molar-refractivity contribution in [2.75, 3.05) is 36.5 Å². The molecule has 4 N–H and O–H groups in total. The lowest BCUT2D eigenvalue weighted by Gasteiger charge is -2.35. The van der Waals surface area contributed by atoms with Gasteiger partial charge in [-0.25, -0.2) is 4.79 Å². The zero-order valence-corrected chi connectivity index (χ0v) is 21.0. The number of anilines is 3. The van der Waals surface area contributed by atoms with Crippen LogP contribution in [0.3, 0.4) is 0 Å². The van der Waals surface area contributed by atoms with E-state index in [4.69, 9.17) is 15.2 Å². The number of rotatable bonds is 8. The van der Waals surface area contributed by atoms with E-state index in [0.717, 1.165) is 22.6 Å². The van der Waals surface area contributed by atoms with E-state index >= 15 is 0 Å². The number of amides is 1. The highest BCUT2D eigenvalue weighted by molar-refractivity contribution is 5.69. The van der Waals surface area contributed by atoms with Crippen LogP contribution in [0.15, 0.2) is 42.5 Å². The number of nitrogens with two attached hydrogens (primary N) is 1. The van der Waals surface area contributed by atoms with E-state index in [0.29, 0.717) is 12.3 Å². The molecule has 0 bridgehead atoms. The average molecular weight is 509 g/mol. The third kappa shape index (κ3) is 8.22. The molecule has 0 spiro atoms. The van der Waals surface area contributed by atoms with Crippen LogP contribution < -0.4 is 26.0 Å². The molecule has 0 unspecified atom stereocenters. The summed E-state index contributed by atoms with van der Waals surface area (Å²) in [4.78, 5) is 13.8. The molecule has 0 saturated carbocycles. The normalized spacial score (nSPS) is 14.9. The summed E-state index contributed by atoms with van der Waals surface area (Å²) in [7, 11) is 0. The number of ether oxygens (including phenoxy) is 2. The molecular weight excluding hydrogens is 473 g/mol. The van der Waals surface area contributed by atoms with Crippen LogP contribution in [0.5, 0.6) is 5.75 Å². The third-order valence-corrected chi connectivity index (χ3v) is 5.76. The van der Waals surface area contributed by atoms with Crippen LogP contribution in [0.1, 0.15) is 39.2 Å². The van der Waals surface area contributed by atoms with Crippen molar-refractivity contribution >= 4 is 23.2 Å². The van der Waals surface area contributed by atoms with E-state index in [-0.39, 0.29) is 39.1 Å². The average Bonchev–Trinajstić information content (AvgIpc) is 2.81. The van der Waals surface area contributed by atoms with E-state index in [1.807, 2.05) is 47.4 Å². The molecule has 1 fully saturated rings. The fourth-order valence-electron chi connectivity index (χ4n) is 3.94. The van der Waals surface area contributed by atoms with Gasteiger partial charge in [0, 0.05) is 37.1 Å². The van der Waals surface area contributed by atoms with Crippen molar-refractivity contribution in [2.45, 2.75) is 51.9 Å². The van der Waals surface area contributed by atoms with E-state index < -0.39 is 23.8 Å². The van der Waals surface area contributed by atoms with Gasteiger partial charge in [0.15, 0.2) is 0 Å². The first kappa shape index (κ1) is 27.4. The molecule has 0 atom stereocenters. The maximum atomic E-state index is 13.1. The molecule has 3 rings (SSSR count). The van der Waals surface area contributed by atoms with Crippen molar-refractivity contribution in [3.8, 4) is 5.75 Å². The smallest absolute Gasteiger partial charge is 0.407 e. The van der Waals surface area contributed by atoms with Crippen molar-refractivity contribution in [1.82, 2.24) is 5.32 Å². The fraction of sp³-hybridized carbons (Fsp3) is 0.500. The summed E-state index contributed by atoms with van der Waals surface area (Å²) in [6.07, 6.45) is -4.64. The van der Waals surface area contributed by atoms with E-state index in [1.54, 1.807) is 20.8 Å². The summed E-state index contributed by atoms with van der Waals surface area (Å²) >= 11 is 0. The van der Waals surface area contributed by atoms with Crippen molar-refractivity contribution < 1.29 is 27.4 Å². The van der Waals surface area contributed by atoms with Crippen LogP contribution in [0.2, 0.25) is 0 Å². The maximum absolute atomic E-state index is 13.1. The topological polar surface area (TPSA) is 88.8 Å². The number of benzene rings is 2. The summed E-state index contributed by atoms with van der Waals surface area (Å²) < 4.78 is 50.6. The second kappa shape index (κ2) is 11.7. The van der Waals surface area contributed by atoms with Gasteiger partial charge in [-0.2, -0.15) is 13.2 Å². The predicted octanol–water partition coefficient (Wildman–Crippen LogP) is 5.57. The van der Waals surface area contributed by atoms with E-state index in [9.17, 15) is 18.0 Å². The first-order chi connectivity index (χ1) is 16.9. The number of hydrogen-bond acceptors (Lipinski definition) is 6. The van der Waals surface area contributed by atoms with Gasteiger partial charge in [0.05, 0.1) is 18.2 Å². The highest BCUT2D eigenvalue weighted by Gasteiger charge is 2.41. The Kier molecular flexibility index (Phi) is 8.94. The molecule has 1 saturated heterocycles. The lowest BCUT2D eigenvalue weighted by Crippen LogP contribution is -2.39. The second-order valence-electron chi connectivity index (χ2n) is 9.79. The molecule has 10 heteroatoms. The number of alkyl halides is 3. The predicted molar refractivity (Wildman–Crippen MR) is 135 cm³/mol. The number of carbonyl (C=O) groups excluding carboxylic acids is 1. The first-order valence-electron chi connectivity index (χ1n) is 12.1. The minimum Gasteiger partial charge on any atom is -0.489 e. The van der Waals surface area contributed by atoms with Crippen LogP contribution in [0.25, 0.3) is 0 Å². The van der Waals surface area contributed by atoms with Crippen LogP contribution >= 0.6 is 0 Å². The Bertz CT molecular complexity index is 999. The van der Waals surface area contributed by atoms with Gasteiger partial charge >= 0.3 is 12.3 Å². The number of nitrogens with zero attached hydrogens (tertiary/aromatic N) is 1. The molecule has 0 radical (unpaired) electrons. The molecule has 1 heterocycles. The number of alkyl carbamates (subject to hydrolysis) is 1. The Balaban J connectivity index is 1.70. The Labute approximate surface area is 210 Å². The zero-order valence-electron chi connectivity index (χ0n) is 21.0. The monoisotopic (exact) mass is 508 g/mol. The largest absolute Gasteiger partial charge is 0.489 e. The molecule has 36 heavy (non-hydrogen) atoms. The summed E-state index contributed by atoms with van der Waals surface area (Å²) in [6.45, 7) is 6.73. The molecule has 1 aliphatic heterocycles. The number of piperidine rings is 1. The van der Waals surface area contributed by atoms with Gasteiger partial charge in [-0.05, 0) is 63.4 Å². The Morgan fingerprint density at radius 2 is 1.69 bits per heavy atom. The maximum Gasteiger partial charge on any atom is 0.407 e. The highest BCUT2D eigenvalue weighted by atomic mass is 19.4. The van der Waals surface area contributed by atoms with Crippen LogP contribution in [-0.2, 0) is 11.3 Å². The van der Waals surface area contributed by atoms with Crippen molar-refractivity contribution in [1.29, 1.82) is 0 Å². The number of carbonyl (C=O) groups is 1. The quantitative estimate of drug-likeness (QED) is 0.404.